The number of likely N-dealkylation sites (tertiary alicyclic amines) is 1. The molecule has 0 aromatic heterocycles. The van der Waals surface area contributed by atoms with E-state index in [0.29, 0.717) is 12.3 Å². The Morgan fingerprint density at radius 1 is 1.32 bits per heavy atom. The Morgan fingerprint density at radius 2 is 2.14 bits per heavy atom. The lowest BCUT2D eigenvalue weighted by atomic mass is 9.79. The molecule has 1 heterocycles. The van der Waals surface area contributed by atoms with Crippen molar-refractivity contribution in [3.05, 3.63) is 34.4 Å². The van der Waals surface area contributed by atoms with Crippen LogP contribution in [0.3, 0.4) is 0 Å². The molecular formula is C19H27NO2. The van der Waals surface area contributed by atoms with E-state index in [4.69, 9.17) is 0 Å². The molecule has 1 unspecified atom stereocenters. The van der Waals surface area contributed by atoms with E-state index in [1.54, 1.807) is 0 Å². The predicted molar refractivity (Wildman–Crippen MR) is 87.9 cm³/mol. The van der Waals surface area contributed by atoms with Gasteiger partial charge in [-0.1, -0.05) is 17.7 Å². The number of aryl methyl sites for hydroxylation is 2. The van der Waals surface area contributed by atoms with Crippen molar-refractivity contribution < 1.29 is 9.90 Å². The Hall–Kier alpha value is -1.35. The number of fused-ring (bicyclic) bond motifs is 1. The van der Waals surface area contributed by atoms with Crippen molar-refractivity contribution in [1.29, 1.82) is 0 Å². The molecule has 0 radical (unpaired) electrons. The molecule has 1 aromatic carbocycles. The van der Waals surface area contributed by atoms with Crippen LogP contribution in [0.4, 0.5) is 0 Å². The largest absolute Gasteiger partial charge is 0.394 e. The summed E-state index contributed by atoms with van der Waals surface area (Å²) in [4.78, 5) is 14.5. The zero-order valence-electron chi connectivity index (χ0n) is 13.8. The van der Waals surface area contributed by atoms with E-state index in [-0.39, 0.29) is 18.6 Å². The molecule has 1 fully saturated rings. The predicted octanol–water partition coefficient (Wildman–Crippen LogP) is 2.78. The molecule has 0 bridgehead atoms. The zero-order valence-corrected chi connectivity index (χ0v) is 13.8. The number of carbonyl (C=O) groups excluding carboxylic acids is 1. The lowest BCUT2D eigenvalue weighted by Crippen LogP contribution is -2.39. The van der Waals surface area contributed by atoms with Crippen LogP contribution in [-0.4, -0.2) is 35.1 Å². The van der Waals surface area contributed by atoms with Gasteiger partial charge in [0.25, 0.3) is 0 Å². The topological polar surface area (TPSA) is 40.5 Å². The molecule has 1 saturated heterocycles. The van der Waals surface area contributed by atoms with Gasteiger partial charge in [-0.3, -0.25) is 4.79 Å². The van der Waals surface area contributed by atoms with E-state index in [0.717, 1.165) is 38.6 Å². The maximum Gasteiger partial charge on any atom is 0.223 e. The van der Waals surface area contributed by atoms with Gasteiger partial charge in [0, 0.05) is 13.0 Å². The van der Waals surface area contributed by atoms with Gasteiger partial charge in [0.2, 0.25) is 5.91 Å². The van der Waals surface area contributed by atoms with Crippen LogP contribution in [0.5, 0.6) is 0 Å². The molecule has 0 saturated carbocycles. The van der Waals surface area contributed by atoms with Gasteiger partial charge < -0.3 is 10.0 Å². The van der Waals surface area contributed by atoms with Crippen LogP contribution >= 0.6 is 0 Å². The smallest absolute Gasteiger partial charge is 0.223 e. The first-order chi connectivity index (χ1) is 10.6. The lowest BCUT2D eigenvalue weighted by molar-refractivity contribution is -0.133. The molecular weight excluding hydrogens is 274 g/mol. The van der Waals surface area contributed by atoms with Gasteiger partial charge >= 0.3 is 0 Å². The van der Waals surface area contributed by atoms with E-state index < -0.39 is 0 Å². The summed E-state index contributed by atoms with van der Waals surface area (Å²) in [5, 5.41) is 9.39. The number of aliphatic hydroxyl groups excluding tert-OH is 1. The quantitative estimate of drug-likeness (QED) is 0.932. The third-order valence-corrected chi connectivity index (χ3v) is 5.39. The lowest BCUT2D eigenvalue weighted by Gasteiger charge is -2.29. The van der Waals surface area contributed by atoms with Crippen LogP contribution < -0.4 is 0 Å². The van der Waals surface area contributed by atoms with Crippen LogP contribution in [0.25, 0.3) is 0 Å². The molecule has 3 nitrogen and oxygen atoms in total. The van der Waals surface area contributed by atoms with Crippen molar-refractivity contribution in [3.63, 3.8) is 0 Å². The highest BCUT2D eigenvalue weighted by Gasteiger charge is 2.30. The Balaban J connectivity index is 1.66. The standard InChI is InChI=1S/C19H27NO2/c1-13-8-14(2)18-6-5-15(10-16(18)9-13)11-19(22)20-7-3-4-17(20)12-21/h8-9,15,17,21H,3-7,10-12H2,1-2H3/t15?,17-/m0/s1. The maximum absolute atomic E-state index is 12.5. The normalized spacial score (nSPS) is 24.4. The average molecular weight is 301 g/mol. The molecule has 1 amide bonds. The van der Waals surface area contributed by atoms with Crippen molar-refractivity contribution in [1.82, 2.24) is 4.90 Å². The fourth-order valence-corrected chi connectivity index (χ4v) is 4.28. The molecule has 1 aliphatic heterocycles. The van der Waals surface area contributed by atoms with Gasteiger partial charge in [0.15, 0.2) is 0 Å². The maximum atomic E-state index is 12.5. The van der Waals surface area contributed by atoms with E-state index in [1.165, 1.54) is 22.3 Å². The molecule has 120 valence electrons. The average Bonchev–Trinajstić information content (AvgIpc) is 2.95. The van der Waals surface area contributed by atoms with Crippen molar-refractivity contribution in [3.8, 4) is 0 Å². The molecule has 1 aliphatic carbocycles. The summed E-state index contributed by atoms with van der Waals surface area (Å²) in [5.41, 5.74) is 5.67. The molecule has 1 N–H and O–H groups in total. The Morgan fingerprint density at radius 3 is 2.91 bits per heavy atom. The summed E-state index contributed by atoms with van der Waals surface area (Å²) < 4.78 is 0. The Labute approximate surface area is 133 Å². The second-order valence-corrected chi connectivity index (χ2v) is 7.10. The van der Waals surface area contributed by atoms with Gasteiger partial charge in [0.1, 0.15) is 0 Å². The minimum Gasteiger partial charge on any atom is -0.394 e. The number of aliphatic hydroxyl groups is 1. The van der Waals surface area contributed by atoms with Crippen LogP contribution in [0.1, 0.15) is 47.9 Å². The molecule has 2 aliphatic rings. The molecule has 2 atom stereocenters. The van der Waals surface area contributed by atoms with Gasteiger partial charge in [-0.05, 0) is 68.6 Å². The molecule has 3 heteroatoms. The fraction of sp³-hybridized carbons (Fsp3) is 0.632. The van der Waals surface area contributed by atoms with Gasteiger partial charge in [-0.25, -0.2) is 0 Å². The van der Waals surface area contributed by atoms with Crippen molar-refractivity contribution in [2.45, 2.75) is 58.4 Å². The van der Waals surface area contributed by atoms with Crippen LogP contribution in [0, 0.1) is 19.8 Å². The number of carbonyl (C=O) groups is 1. The second kappa shape index (κ2) is 6.41. The van der Waals surface area contributed by atoms with Crippen LogP contribution in [0.15, 0.2) is 12.1 Å². The third-order valence-electron chi connectivity index (χ3n) is 5.39. The van der Waals surface area contributed by atoms with Crippen molar-refractivity contribution in [2.24, 2.45) is 5.92 Å². The first-order valence-corrected chi connectivity index (χ1v) is 8.57. The summed E-state index contributed by atoms with van der Waals surface area (Å²) in [5.74, 6) is 0.704. The second-order valence-electron chi connectivity index (χ2n) is 7.10. The van der Waals surface area contributed by atoms with Gasteiger partial charge in [-0.2, -0.15) is 0 Å². The van der Waals surface area contributed by atoms with E-state index in [2.05, 4.69) is 26.0 Å². The highest BCUT2D eigenvalue weighted by Crippen LogP contribution is 2.31. The number of nitrogens with zero attached hydrogens (tertiary/aromatic N) is 1. The number of hydrogen-bond donors (Lipinski definition) is 1. The summed E-state index contributed by atoms with van der Waals surface area (Å²) in [6.45, 7) is 5.29. The number of amides is 1. The number of rotatable bonds is 3. The number of hydrogen-bond acceptors (Lipinski definition) is 2. The van der Waals surface area contributed by atoms with Crippen LogP contribution in [0.2, 0.25) is 0 Å². The Kier molecular flexibility index (Phi) is 4.53. The summed E-state index contributed by atoms with van der Waals surface area (Å²) in [6, 6.07) is 4.62. The highest BCUT2D eigenvalue weighted by molar-refractivity contribution is 5.77. The van der Waals surface area contributed by atoms with Gasteiger partial charge in [-0.15, -0.1) is 0 Å². The van der Waals surface area contributed by atoms with E-state index in [9.17, 15) is 9.90 Å². The van der Waals surface area contributed by atoms with E-state index >= 15 is 0 Å². The zero-order chi connectivity index (χ0) is 15.7. The monoisotopic (exact) mass is 301 g/mol. The van der Waals surface area contributed by atoms with Crippen molar-refractivity contribution in [2.75, 3.05) is 13.2 Å². The van der Waals surface area contributed by atoms with E-state index in [1.807, 2.05) is 4.90 Å². The Bertz CT molecular complexity index is 567. The minimum atomic E-state index is 0.0628. The molecule has 3 rings (SSSR count). The summed E-state index contributed by atoms with van der Waals surface area (Å²) in [6.07, 6.45) is 5.87. The molecule has 0 spiro atoms. The minimum absolute atomic E-state index is 0.0628. The highest BCUT2D eigenvalue weighted by atomic mass is 16.3. The first kappa shape index (κ1) is 15.5. The molecule has 1 aromatic rings. The SMILES string of the molecule is Cc1cc(C)c2c(c1)CC(CC(=O)N1CCC[C@H]1CO)CC2. The first-order valence-electron chi connectivity index (χ1n) is 8.57. The number of benzene rings is 1. The molecule has 22 heavy (non-hydrogen) atoms. The third kappa shape index (κ3) is 3.05. The van der Waals surface area contributed by atoms with Crippen LogP contribution in [-0.2, 0) is 17.6 Å². The summed E-state index contributed by atoms with van der Waals surface area (Å²) in [7, 11) is 0. The fourth-order valence-electron chi connectivity index (χ4n) is 4.28. The van der Waals surface area contributed by atoms with Gasteiger partial charge in [0.05, 0.1) is 12.6 Å². The van der Waals surface area contributed by atoms with Crippen molar-refractivity contribution >= 4 is 5.91 Å². The summed E-state index contributed by atoms with van der Waals surface area (Å²) >= 11 is 0.